The highest BCUT2D eigenvalue weighted by Crippen LogP contribution is 2.30. The van der Waals surface area contributed by atoms with Gasteiger partial charge in [-0.25, -0.2) is 0 Å². The Balaban J connectivity index is 1.33. The van der Waals surface area contributed by atoms with Crippen LogP contribution in [0.3, 0.4) is 0 Å². The van der Waals surface area contributed by atoms with Gasteiger partial charge < -0.3 is 14.6 Å². The molecular weight excluding hydrogens is 404 g/mol. The normalized spacial score (nSPS) is 14.7. The molecule has 1 aliphatic rings. The fraction of sp³-hybridized carbons (Fsp3) is 0.333. The zero-order chi connectivity index (χ0) is 21.8. The zero-order valence-corrected chi connectivity index (χ0v) is 18.1. The van der Waals surface area contributed by atoms with Crippen LogP contribution in [0.4, 0.5) is 5.82 Å². The Bertz CT molecular complexity index is 1180. The summed E-state index contributed by atoms with van der Waals surface area (Å²) in [6, 6.07) is 16.0. The molecule has 0 atom stereocenters. The molecule has 1 fully saturated rings. The topological polar surface area (TPSA) is 89.2 Å². The molecule has 0 spiro atoms. The van der Waals surface area contributed by atoms with Crippen molar-refractivity contribution in [1.82, 2.24) is 25.2 Å². The average Bonchev–Trinajstić information content (AvgIpc) is 3.33. The fourth-order valence-electron chi connectivity index (χ4n) is 3.87. The summed E-state index contributed by atoms with van der Waals surface area (Å²) in [6.45, 7) is 7.58. The molecule has 3 heterocycles. The Kier molecular flexibility index (Phi) is 6.04. The zero-order valence-electron chi connectivity index (χ0n) is 18.1. The molecule has 32 heavy (non-hydrogen) atoms. The Morgan fingerprint density at radius 2 is 1.75 bits per heavy atom. The summed E-state index contributed by atoms with van der Waals surface area (Å²) in [5.41, 5.74) is 2.68. The molecule has 0 radical (unpaired) electrons. The maximum Gasteiger partial charge on any atom is 0.279 e. The molecule has 164 valence electrons. The Morgan fingerprint density at radius 1 is 0.969 bits per heavy atom. The number of rotatable bonds is 7. The van der Waals surface area contributed by atoms with E-state index in [-0.39, 0.29) is 0 Å². The Morgan fingerprint density at radius 3 is 2.56 bits per heavy atom. The van der Waals surface area contributed by atoms with E-state index in [4.69, 9.17) is 9.26 Å². The highest BCUT2D eigenvalue weighted by Gasteiger charge is 2.17. The predicted octanol–water partition coefficient (Wildman–Crippen LogP) is 3.79. The lowest BCUT2D eigenvalue weighted by Gasteiger charge is -2.26. The summed E-state index contributed by atoms with van der Waals surface area (Å²) in [4.78, 5) is 7.00. The van der Waals surface area contributed by atoms with E-state index in [0.29, 0.717) is 17.4 Å². The Hall–Kier alpha value is -3.36. The van der Waals surface area contributed by atoms with Gasteiger partial charge in [-0.05, 0) is 19.9 Å². The van der Waals surface area contributed by atoms with Crippen LogP contribution in [0.15, 0.2) is 53.1 Å². The number of benzene rings is 2. The lowest BCUT2D eigenvalue weighted by Crippen LogP contribution is -2.37. The van der Waals surface area contributed by atoms with Gasteiger partial charge in [0.15, 0.2) is 11.5 Å². The number of hydrogen-bond donors (Lipinski definition) is 1. The highest BCUT2D eigenvalue weighted by atomic mass is 16.5. The second kappa shape index (κ2) is 9.42. The van der Waals surface area contributed by atoms with Crippen molar-refractivity contribution in [2.24, 2.45) is 0 Å². The SMILES string of the molecule is Cc1ccc(-c2noc(-c3nnc(NCCCN4CCOCC4)c4ccccc34)n2)cc1. The number of ether oxygens (including phenoxy) is 1. The Labute approximate surface area is 186 Å². The van der Waals surface area contributed by atoms with E-state index in [0.717, 1.165) is 68.0 Å². The summed E-state index contributed by atoms with van der Waals surface area (Å²) in [5.74, 6) is 1.67. The molecule has 0 unspecified atom stereocenters. The average molecular weight is 431 g/mol. The van der Waals surface area contributed by atoms with Gasteiger partial charge in [-0.2, -0.15) is 4.98 Å². The molecule has 0 saturated carbocycles. The van der Waals surface area contributed by atoms with Crippen molar-refractivity contribution in [3.8, 4) is 23.0 Å². The molecule has 1 aliphatic heterocycles. The van der Waals surface area contributed by atoms with Gasteiger partial charge in [-0.15, -0.1) is 10.2 Å². The quantitative estimate of drug-likeness (QED) is 0.443. The van der Waals surface area contributed by atoms with Crippen LogP contribution in [-0.4, -0.2) is 64.6 Å². The summed E-state index contributed by atoms with van der Waals surface area (Å²) in [7, 11) is 0. The standard InChI is InChI=1S/C24H26N6O2/c1-17-7-9-18(10-8-17)22-26-24(32-29-22)21-19-5-2-3-6-20(19)23(28-27-21)25-11-4-12-30-13-15-31-16-14-30/h2-3,5-10H,4,11-16H2,1H3,(H,25,28). The highest BCUT2D eigenvalue weighted by molar-refractivity contribution is 5.98. The lowest BCUT2D eigenvalue weighted by molar-refractivity contribution is 0.0378. The molecule has 4 aromatic rings. The van der Waals surface area contributed by atoms with E-state index in [9.17, 15) is 0 Å². The van der Waals surface area contributed by atoms with Gasteiger partial charge in [0, 0.05) is 36.0 Å². The maximum absolute atomic E-state index is 5.55. The number of anilines is 1. The number of morpholine rings is 1. The van der Waals surface area contributed by atoms with E-state index in [1.54, 1.807) is 0 Å². The third-order valence-electron chi connectivity index (χ3n) is 5.67. The van der Waals surface area contributed by atoms with Crippen LogP contribution in [0.2, 0.25) is 0 Å². The third-order valence-corrected chi connectivity index (χ3v) is 5.67. The lowest BCUT2D eigenvalue weighted by atomic mass is 10.1. The molecule has 1 N–H and O–H groups in total. The molecule has 1 saturated heterocycles. The molecule has 0 aliphatic carbocycles. The van der Waals surface area contributed by atoms with E-state index in [1.165, 1.54) is 5.56 Å². The van der Waals surface area contributed by atoms with Crippen molar-refractivity contribution < 1.29 is 9.26 Å². The minimum atomic E-state index is 0.364. The van der Waals surface area contributed by atoms with Crippen molar-refractivity contribution in [3.05, 3.63) is 54.1 Å². The van der Waals surface area contributed by atoms with Crippen LogP contribution in [0.1, 0.15) is 12.0 Å². The van der Waals surface area contributed by atoms with Gasteiger partial charge in [-0.3, -0.25) is 4.90 Å². The van der Waals surface area contributed by atoms with Gasteiger partial charge in [0.05, 0.1) is 13.2 Å². The van der Waals surface area contributed by atoms with Gasteiger partial charge >= 0.3 is 0 Å². The third kappa shape index (κ3) is 4.46. The summed E-state index contributed by atoms with van der Waals surface area (Å²) in [5, 5.41) is 18.4. The number of aryl methyl sites for hydroxylation is 1. The predicted molar refractivity (Wildman–Crippen MR) is 123 cm³/mol. The molecule has 5 rings (SSSR count). The molecule has 0 bridgehead atoms. The van der Waals surface area contributed by atoms with Crippen LogP contribution in [0.25, 0.3) is 33.7 Å². The monoisotopic (exact) mass is 430 g/mol. The molecule has 2 aromatic carbocycles. The second-order valence-corrected chi connectivity index (χ2v) is 7.97. The minimum absolute atomic E-state index is 0.364. The van der Waals surface area contributed by atoms with Crippen LogP contribution < -0.4 is 5.32 Å². The van der Waals surface area contributed by atoms with Gasteiger partial charge in [-0.1, -0.05) is 59.3 Å². The van der Waals surface area contributed by atoms with Crippen molar-refractivity contribution >= 4 is 16.6 Å². The van der Waals surface area contributed by atoms with Crippen LogP contribution >= 0.6 is 0 Å². The van der Waals surface area contributed by atoms with Gasteiger partial charge in [0.2, 0.25) is 5.82 Å². The number of hydrogen-bond acceptors (Lipinski definition) is 8. The summed E-state index contributed by atoms with van der Waals surface area (Å²) >= 11 is 0. The van der Waals surface area contributed by atoms with Crippen LogP contribution in [0.5, 0.6) is 0 Å². The van der Waals surface area contributed by atoms with E-state index < -0.39 is 0 Å². The smallest absolute Gasteiger partial charge is 0.279 e. The second-order valence-electron chi connectivity index (χ2n) is 7.97. The van der Waals surface area contributed by atoms with Crippen molar-refractivity contribution in [2.75, 3.05) is 44.7 Å². The van der Waals surface area contributed by atoms with E-state index in [1.807, 2.05) is 55.5 Å². The van der Waals surface area contributed by atoms with Gasteiger partial charge in [0.1, 0.15) is 0 Å². The molecule has 0 amide bonds. The molecule has 2 aromatic heterocycles. The molecule has 8 heteroatoms. The first-order valence-corrected chi connectivity index (χ1v) is 11.0. The first-order chi connectivity index (χ1) is 15.8. The van der Waals surface area contributed by atoms with Crippen LogP contribution in [0, 0.1) is 6.92 Å². The van der Waals surface area contributed by atoms with Crippen LogP contribution in [-0.2, 0) is 4.74 Å². The van der Waals surface area contributed by atoms with E-state index >= 15 is 0 Å². The fourth-order valence-corrected chi connectivity index (χ4v) is 3.87. The number of nitrogens with zero attached hydrogens (tertiary/aromatic N) is 5. The summed E-state index contributed by atoms with van der Waals surface area (Å²) < 4.78 is 11.0. The largest absolute Gasteiger partial charge is 0.379 e. The van der Waals surface area contributed by atoms with E-state index in [2.05, 4.69) is 30.6 Å². The first-order valence-electron chi connectivity index (χ1n) is 11.0. The first kappa shape index (κ1) is 20.5. The van der Waals surface area contributed by atoms with Crippen molar-refractivity contribution in [3.63, 3.8) is 0 Å². The van der Waals surface area contributed by atoms with Gasteiger partial charge in [0.25, 0.3) is 5.89 Å². The molecular formula is C24H26N6O2. The number of aromatic nitrogens is 4. The van der Waals surface area contributed by atoms with Crippen molar-refractivity contribution in [2.45, 2.75) is 13.3 Å². The number of nitrogens with one attached hydrogen (secondary N) is 1. The molecule has 8 nitrogen and oxygen atoms in total. The number of fused-ring (bicyclic) bond motifs is 1. The maximum atomic E-state index is 5.55. The summed E-state index contributed by atoms with van der Waals surface area (Å²) in [6.07, 6.45) is 1.03. The van der Waals surface area contributed by atoms with Crippen molar-refractivity contribution in [1.29, 1.82) is 0 Å². The minimum Gasteiger partial charge on any atom is -0.379 e.